The first-order valence-corrected chi connectivity index (χ1v) is 10.2. The van der Waals surface area contributed by atoms with E-state index in [1.807, 2.05) is 43.5 Å². The average Bonchev–Trinajstić information content (AvgIpc) is 3.10. The number of fused-ring (bicyclic) bond motifs is 1. The summed E-state index contributed by atoms with van der Waals surface area (Å²) in [6.45, 7) is 2.37. The molecule has 152 valence electrons. The van der Waals surface area contributed by atoms with E-state index in [0.717, 1.165) is 34.0 Å². The third-order valence-corrected chi connectivity index (χ3v) is 5.42. The lowest BCUT2D eigenvalue weighted by Gasteiger charge is -2.07. The SMILES string of the molecule is CC(=NCCc1c[nH]c2ccc(Cl)cc12)c1ccc(Cc2cccc(F)c2)cc1F. The molecule has 1 N–H and O–H groups in total. The molecule has 0 radical (unpaired) electrons. The van der Waals surface area contributed by atoms with Crippen LogP contribution in [0.1, 0.15) is 29.2 Å². The zero-order valence-electron chi connectivity index (χ0n) is 16.6. The number of aliphatic imine (C=N–C) groups is 1. The van der Waals surface area contributed by atoms with Crippen LogP contribution in [0.5, 0.6) is 0 Å². The van der Waals surface area contributed by atoms with Crippen molar-refractivity contribution in [2.24, 2.45) is 4.99 Å². The van der Waals surface area contributed by atoms with E-state index in [2.05, 4.69) is 9.98 Å². The first kappa shape index (κ1) is 20.3. The Balaban J connectivity index is 1.45. The monoisotopic (exact) mass is 422 g/mol. The van der Waals surface area contributed by atoms with Crippen LogP contribution in [0.4, 0.5) is 8.78 Å². The fourth-order valence-corrected chi connectivity index (χ4v) is 3.80. The Kier molecular flexibility index (Phi) is 5.96. The van der Waals surface area contributed by atoms with Gasteiger partial charge in [-0.3, -0.25) is 4.99 Å². The molecule has 0 aliphatic heterocycles. The smallest absolute Gasteiger partial charge is 0.132 e. The van der Waals surface area contributed by atoms with Crippen molar-refractivity contribution in [2.75, 3.05) is 6.54 Å². The van der Waals surface area contributed by atoms with Crippen molar-refractivity contribution in [3.63, 3.8) is 0 Å². The van der Waals surface area contributed by atoms with Crippen LogP contribution < -0.4 is 0 Å². The summed E-state index contributed by atoms with van der Waals surface area (Å²) in [5.74, 6) is -0.603. The fourth-order valence-electron chi connectivity index (χ4n) is 3.63. The maximum Gasteiger partial charge on any atom is 0.132 e. The van der Waals surface area contributed by atoms with Crippen molar-refractivity contribution in [1.82, 2.24) is 4.98 Å². The molecule has 0 saturated heterocycles. The Morgan fingerprint density at radius 2 is 1.83 bits per heavy atom. The Hall–Kier alpha value is -2.98. The summed E-state index contributed by atoms with van der Waals surface area (Å²) in [6, 6.07) is 17.2. The van der Waals surface area contributed by atoms with E-state index in [0.29, 0.717) is 29.3 Å². The molecule has 0 bridgehead atoms. The van der Waals surface area contributed by atoms with Crippen LogP contribution in [0, 0.1) is 11.6 Å². The summed E-state index contributed by atoms with van der Waals surface area (Å²) >= 11 is 6.10. The van der Waals surface area contributed by atoms with Gasteiger partial charge in [0.1, 0.15) is 11.6 Å². The van der Waals surface area contributed by atoms with Crippen molar-refractivity contribution in [2.45, 2.75) is 19.8 Å². The van der Waals surface area contributed by atoms with Crippen molar-refractivity contribution < 1.29 is 8.78 Å². The summed E-state index contributed by atoms with van der Waals surface area (Å²) in [4.78, 5) is 7.80. The quantitative estimate of drug-likeness (QED) is 0.333. The molecule has 0 atom stereocenters. The van der Waals surface area contributed by atoms with Crippen LogP contribution in [0.2, 0.25) is 5.02 Å². The highest BCUT2D eigenvalue weighted by atomic mass is 35.5. The lowest BCUT2D eigenvalue weighted by molar-refractivity contribution is 0.622. The molecule has 0 amide bonds. The molecule has 1 aromatic heterocycles. The molecule has 0 fully saturated rings. The number of aromatic nitrogens is 1. The van der Waals surface area contributed by atoms with Gasteiger partial charge in [-0.15, -0.1) is 0 Å². The van der Waals surface area contributed by atoms with Crippen LogP contribution in [0.3, 0.4) is 0 Å². The summed E-state index contributed by atoms with van der Waals surface area (Å²) in [5, 5.41) is 1.78. The van der Waals surface area contributed by atoms with Crippen LogP contribution >= 0.6 is 11.6 Å². The van der Waals surface area contributed by atoms with E-state index in [-0.39, 0.29) is 11.6 Å². The molecule has 4 aromatic rings. The van der Waals surface area contributed by atoms with Gasteiger partial charge in [0, 0.05) is 39.9 Å². The van der Waals surface area contributed by atoms with E-state index in [4.69, 9.17) is 11.6 Å². The van der Waals surface area contributed by atoms with Gasteiger partial charge in [-0.1, -0.05) is 29.8 Å². The molecule has 5 heteroatoms. The summed E-state index contributed by atoms with van der Waals surface area (Å²) in [6.07, 6.45) is 3.18. The number of nitrogens with one attached hydrogen (secondary N) is 1. The number of aromatic amines is 1. The molecule has 0 aliphatic carbocycles. The van der Waals surface area contributed by atoms with Gasteiger partial charge in [0.05, 0.1) is 0 Å². The minimum atomic E-state index is -0.316. The molecule has 0 aliphatic rings. The lowest BCUT2D eigenvalue weighted by atomic mass is 10.0. The largest absolute Gasteiger partial charge is 0.361 e. The first-order chi connectivity index (χ1) is 14.5. The van der Waals surface area contributed by atoms with Crippen LogP contribution in [0.15, 0.2) is 71.9 Å². The Morgan fingerprint density at radius 1 is 1.00 bits per heavy atom. The van der Waals surface area contributed by atoms with Gasteiger partial charge >= 0.3 is 0 Å². The number of H-pyrrole nitrogens is 1. The molecule has 3 aromatic carbocycles. The second-order valence-corrected chi connectivity index (χ2v) is 7.78. The maximum atomic E-state index is 14.7. The molecule has 0 saturated carbocycles. The standard InChI is InChI=1S/C25H21ClF2N2/c1-16(29-10-9-19-15-30-25-8-6-20(26)14-23(19)25)22-7-5-18(13-24(22)28)11-17-3-2-4-21(27)12-17/h2-8,12-15,30H,9-11H2,1H3. The number of rotatable bonds is 6. The number of nitrogens with zero attached hydrogens (tertiary/aromatic N) is 1. The van der Waals surface area contributed by atoms with Gasteiger partial charge < -0.3 is 4.98 Å². The molecule has 2 nitrogen and oxygen atoms in total. The Morgan fingerprint density at radius 3 is 2.63 bits per heavy atom. The van der Waals surface area contributed by atoms with Crippen LogP contribution in [-0.2, 0) is 12.8 Å². The Bertz CT molecular complexity index is 1230. The van der Waals surface area contributed by atoms with Gasteiger partial charge in [-0.2, -0.15) is 0 Å². The van der Waals surface area contributed by atoms with Gasteiger partial charge in [-0.25, -0.2) is 8.78 Å². The van der Waals surface area contributed by atoms with Crippen molar-refractivity contribution in [3.8, 4) is 0 Å². The summed E-state index contributed by atoms with van der Waals surface area (Å²) < 4.78 is 28.0. The van der Waals surface area contributed by atoms with Crippen molar-refractivity contribution in [3.05, 3.63) is 106 Å². The van der Waals surface area contributed by atoms with E-state index >= 15 is 0 Å². The molecular weight excluding hydrogens is 402 g/mol. The van der Waals surface area contributed by atoms with Crippen LogP contribution in [0.25, 0.3) is 10.9 Å². The lowest BCUT2D eigenvalue weighted by Crippen LogP contribution is -2.02. The van der Waals surface area contributed by atoms with Crippen molar-refractivity contribution in [1.29, 1.82) is 0 Å². The normalized spacial score (nSPS) is 11.9. The number of halogens is 3. The van der Waals surface area contributed by atoms with E-state index < -0.39 is 0 Å². The zero-order chi connectivity index (χ0) is 21.1. The first-order valence-electron chi connectivity index (χ1n) is 9.79. The fraction of sp³-hybridized carbons (Fsp3) is 0.160. The molecule has 1 heterocycles. The van der Waals surface area contributed by atoms with E-state index in [1.165, 1.54) is 18.2 Å². The van der Waals surface area contributed by atoms with Gasteiger partial charge in [0.25, 0.3) is 0 Å². The average molecular weight is 423 g/mol. The second-order valence-electron chi connectivity index (χ2n) is 7.34. The van der Waals surface area contributed by atoms with Gasteiger partial charge in [-0.05, 0) is 78.9 Å². The minimum Gasteiger partial charge on any atom is -0.361 e. The summed E-state index contributed by atoms with van der Waals surface area (Å²) in [7, 11) is 0. The van der Waals surface area contributed by atoms with Gasteiger partial charge in [0.15, 0.2) is 0 Å². The highest BCUT2D eigenvalue weighted by Gasteiger charge is 2.09. The molecule has 30 heavy (non-hydrogen) atoms. The number of benzene rings is 3. The molecule has 0 spiro atoms. The highest BCUT2D eigenvalue weighted by Crippen LogP contribution is 2.23. The predicted molar refractivity (Wildman–Crippen MR) is 120 cm³/mol. The second kappa shape index (κ2) is 8.80. The third kappa shape index (κ3) is 4.60. The highest BCUT2D eigenvalue weighted by molar-refractivity contribution is 6.31. The maximum absolute atomic E-state index is 14.7. The molecule has 0 unspecified atom stereocenters. The summed E-state index contributed by atoms with van der Waals surface area (Å²) in [5.41, 5.74) is 4.92. The minimum absolute atomic E-state index is 0.287. The number of hydrogen-bond acceptors (Lipinski definition) is 1. The number of hydrogen-bond donors (Lipinski definition) is 1. The van der Waals surface area contributed by atoms with Gasteiger partial charge in [0.2, 0.25) is 0 Å². The van der Waals surface area contributed by atoms with Crippen LogP contribution in [-0.4, -0.2) is 17.2 Å². The molecular formula is C25H21ClF2N2. The van der Waals surface area contributed by atoms with Crippen molar-refractivity contribution >= 4 is 28.2 Å². The third-order valence-electron chi connectivity index (χ3n) is 5.18. The van der Waals surface area contributed by atoms with E-state index in [9.17, 15) is 8.78 Å². The van der Waals surface area contributed by atoms with E-state index in [1.54, 1.807) is 12.1 Å². The predicted octanol–water partition coefficient (Wildman–Crippen LogP) is 6.74. The topological polar surface area (TPSA) is 28.1 Å². The Labute approximate surface area is 179 Å². The zero-order valence-corrected chi connectivity index (χ0v) is 17.3. The molecule has 4 rings (SSSR count).